The molecule has 2 fully saturated rings. The van der Waals surface area contributed by atoms with Gasteiger partial charge in [-0.1, -0.05) is 19.9 Å². The van der Waals surface area contributed by atoms with Crippen molar-refractivity contribution in [3.63, 3.8) is 0 Å². The molecule has 0 aliphatic carbocycles. The first-order valence-electron chi connectivity index (χ1n) is 17.6. The average molecular weight is 750 g/mol. The lowest BCUT2D eigenvalue weighted by atomic mass is 9.72. The number of methoxy groups -OCH3 is 1. The second kappa shape index (κ2) is 13.9. The van der Waals surface area contributed by atoms with Gasteiger partial charge in [0, 0.05) is 53.9 Å². The molecule has 53 heavy (non-hydrogen) atoms. The average Bonchev–Trinajstić information content (AvgIpc) is 3.59. The van der Waals surface area contributed by atoms with E-state index in [2.05, 4.69) is 22.0 Å². The van der Waals surface area contributed by atoms with Crippen molar-refractivity contribution in [2.45, 2.75) is 95.5 Å². The molecule has 0 aromatic heterocycles. The summed E-state index contributed by atoms with van der Waals surface area (Å²) in [5.74, 6) is -1.03. The lowest BCUT2D eigenvalue weighted by molar-refractivity contribution is -0.151. The number of nitrogens with one attached hydrogen (secondary N) is 3. The number of phenols is 1. The summed E-state index contributed by atoms with van der Waals surface area (Å²) in [6, 6.07) is -0.581. The van der Waals surface area contributed by atoms with Crippen LogP contribution in [0.25, 0.3) is 0 Å². The molecule has 0 radical (unpaired) electrons. The number of hydrogen-bond acceptors (Lipinski definition) is 14. The number of benzene rings is 2. The van der Waals surface area contributed by atoms with Crippen LogP contribution in [-0.4, -0.2) is 90.2 Å². The van der Waals surface area contributed by atoms with E-state index < -0.39 is 59.3 Å². The van der Waals surface area contributed by atoms with Crippen LogP contribution in [-0.2, 0) is 30.3 Å². The maximum absolute atomic E-state index is 13.9. The molecular formula is C37H43N5O10S. The van der Waals surface area contributed by atoms with Gasteiger partial charge in [0.1, 0.15) is 30.5 Å². The van der Waals surface area contributed by atoms with Crippen LogP contribution >= 0.6 is 11.8 Å². The number of ether oxygens (including phenoxy) is 5. The molecule has 2 saturated heterocycles. The normalized spacial score (nSPS) is 27.3. The summed E-state index contributed by atoms with van der Waals surface area (Å²) >= 11 is 1.33. The first-order chi connectivity index (χ1) is 25.3. The summed E-state index contributed by atoms with van der Waals surface area (Å²) in [4.78, 5) is 54.2. The fraction of sp³-hybridized carbons (Fsp3) is 0.541. The number of cyclic esters (lactones) is 1. The molecule has 5 heterocycles. The van der Waals surface area contributed by atoms with Crippen molar-refractivity contribution in [1.82, 2.24) is 20.9 Å². The number of thioether (sulfide) groups is 1. The standard InChI is InChI=1S/C37H43N5O10S/c1-14(2)27(39-17(5)43)36(46)41-21-12-53-35-26-25(34-33(50-13-51-34)16(4)32(26)52-18(6)44)23(11-49-37(21)47)42-22(10-38)20-9-19-8-15(3)31(48-7)30(45)24(19)28(40-20)29(35)42/h8,14,20-23,27-29,35,40,45H,9,11-13H2,1-7H3,(H,39,43)(H,41,46)/t20-,21-,22-,23-,27?,28+,29?,35+/m0/s1. The van der Waals surface area contributed by atoms with Crippen LogP contribution < -0.4 is 34.9 Å². The number of nitrogens with zero attached hydrogens (tertiary/aromatic N) is 2. The first-order valence-corrected chi connectivity index (χ1v) is 18.6. The molecule has 16 heteroatoms. The maximum atomic E-state index is 13.9. The number of aromatic hydroxyl groups is 1. The maximum Gasteiger partial charge on any atom is 0.329 e. The van der Waals surface area contributed by atoms with Gasteiger partial charge >= 0.3 is 11.9 Å². The Balaban J connectivity index is 1.43. The quantitative estimate of drug-likeness (QED) is 0.248. The zero-order valence-electron chi connectivity index (χ0n) is 30.5. The Morgan fingerprint density at radius 1 is 1.11 bits per heavy atom. The number of carbonyl (C=O) groups excluding carboxylic acids is 4. The summed E-state index contributed by atoms with van der Waals surface area (Å²) in [5.41, 5.74) is 4.00. The summed E-state index contributed by atoms with van der Waals surface area (Å²) in [5, 5.41) is 31.2. The second-order valence-corrected chi connectivity index (χ2v) is 15.6. The van der Waals surface area contributed by atoms with Crippen LogP contribution in [0.15, 0.2) is 6.07 Å². The van der Waals surface area contributed by atoms with Crippen LogP contribution in [0.3, 0.4) is 0 Å². The van der Waals surface area contributed by atoms with Crippen molar-refractivity contribution in [3.05, 3.63) is 39.4 Å². The van der Waals surface area contributed by atoms with E-state index in [0.717, 1.165) is 11.1 Å². The van der Waals surface area contributed by atoms with Gasteiger partial charge in [0.25, 0.3) is 0 Å². The van der Waals surface area contributed by atoms with E-state index in [-0.39, 0.29) is 48.5 Å². The highest BCUT2D eigenvalue weighted by atomic mass is 32.2. The van der Waals surface area contributed by atoms with Crippen molar-refractivity contribution in [1.29, 1.82) is 5.26 Å². The number of piperazine rings is 1. The molecule has 2 aromatic carbocycles. The Labute approximate surface area is 311 Å². The Bertz CT molecular complexity index is 1950. The number of rotatable bonds is 6. The number of amides is 2. The van der Waals surface area contributed by atoms with Gasteiger partial charge < -0.3 is 44.7 Å². The summed E-state index contributed by atoms with van der Waals surface area (Å²) in [7, 11) is 1.50. The third kappa shape index (κ3) is 5.98. The summed E-state index contributed by atoms with van der Waals surface area (Å²) in [6.07, 6.45) is 0.437. The van der Waals surface area contributed by atoms with Crippen LogP contribution in [0, 0.1) is 31.1 Å². The Kier molecular flexibility index (Phi) is 9.62. The minimum absolute atomic E-state index is 0.00496. The van der Waals surface area contributed by atoms with E-state index in [1.165, 1.54) is 32.7 Å². The zero-order chi connectivity index (χ0) is 38.0. The monoisotopic (exact) mass is 749 g/mol. The molecule has 0 saturated carbocycles. The van der Waals surface area contributed by atoms with E-state index >= 15 is 0 Å². The van der Waals surface area contributed by atoms with E-state index in [1.807, 2.05) is 17.9 Å². The number of hydrogen-bond donors (Lipinski definition) is 4. The van der Waals surface area contributed by atoms with Gasteiger partial charge in [0.15, 0.2) is 23.0 Å². The minimum Gasteiger partial charge on any atom is -0.504 e. The van der Waals surface area contributed by atoms with Gasteiger partial charge in [0.2, 0.25) is 18.6 Å². The Hall–Kier alpha value is -4.72. The lowest BCUT2D eigenvalue weighted by Gasteiger charge is -2.59. The fourth-order valence-corrected chi connectivity index (χ4v) is 10.2. The van der Waals surface area contributed by atoms with Crippen LogP contribution in [0.1, 0.15) is 78.4 Å². The fourth-order valence-electron chi connectivity index (χ4n) is 8.69. The van der Waals surface area contributed by atoms with Gasteiger partial charge in [-0.25, -0.2) is 4.79 Å². The van der Waals surface area contributed by atoms with E-state index in [1.54, 1.807) is 20.8 Å². The van der Waals surface area contributed by atoms with E-state index in [4.69, 9.17) is 23.7 Å². The molecule has 5 aliphatic heterocycles. The van der Waals surface area contributed by atoms with Crippen molar-refractivity contribution >= 4 is 35.5 Å². The van der Waals surface area contributed by atoms with Gasteiger partial charge in [-0.3, -0.25) is 19.3 Å². The van der Waals surface area contributed by atoms with Crippen molar-refractivity contribution in [2.24, 2.45) is 5.92 Å². The number of carbonyl (C=O) groups is 4. The Morgan fingerprint density at radius 2 is 1.85 bits per heavy atom. The molecule has 2 amide bonds. The molecule has 4 N–H and O–H groups in total. The molecule has 8 atom stereocenters. The first kappa shape index (κ1) is 36.6. The lowest BCUT2D eigenvalue weighted by Crippen LogP contribution is -2.69. The van der Waals surface area contributed by atoms with Crippen LogP contribution in [0.4, 0.5) is 0 Å². The predicted octanol–water partition coefficient (Wildman–Crippen LogP) is 2.53. The molecule has 2 aromatic rings. The molecule has 15 nitrogen and oxygen atoms in total. The number of esters is 2. The molecule has 0 spiro atoms. The summed E-state index contributed by atoms with van der Waals surface area (Å²) in [6.45, 7) is 9.50. The van der Waals surface area contributed by atoms with Gasteiger partial charge in [-0.15, -0.1) is 11.8 Å². The number of aryl methyl sites for hydroxylation is 1. The molecule has 4 bridgehead atoms. The number of phenolic OH excluding ortho intramolecular Hbond substituents is 1. The predicted molar refractivity (Wildman–Crippen MR) is 190 cm³/mol. The highest BCUT2D eigenvalue weighted by Crippen LogP contribution is 2.62. The Morgan fingerprint density at radius 3 is 2.51 bits per heavy atom. The second-order valence-electron chi connectivity index (χ2n) is 14.4. The highest BCUT2D eigenvalue weighted by Gasteiger charge is 2.59. The number of nitriles is 1. The number of fused-ring (bicyclic) bond motifs is 9. The van der Waals surface area contributed by atoms with Crippen molar-refractivity contribution < 1.29 is 48.0 Å². The van der Waals surface area contributed by atoms with Crippen LogP contribution in [0.2, 0.25) is 0 Å². The van der Waals surface area contributed by atoms with Crippen LogP contribution in [0.5, 0.6) is 28.7 Å². The third-order valence-corrected chi connectivity index (χ3v) is 12.2. The minimum atomic E-state index is -1.13. The summed E-state index contributed by atoms with van der Waals surface area (Å²) < 4.78 is 29.7. The van der Waals surface area contributed by atoms with E-state index in [9.17, 15) is 29.5 Å². The molecular weight excluding hydrogens is 706 g/mol. The van der Waals surface area contributed by atoms with Crippen molar-refractivity contribution in [2.75, 3.05) is 26.3 Å². The van der Waals surface area contributed by atoms with Gasteiger partial charge in [0.05, 0.1) is 30.5 Å². The molecule has 282 valence electrons. The SMILES string of the molecule is COc1c(C)cc2c(c1O)[C@H]1N[C@@H](C2)[C@H](C#N)N2C1[C@@H]1SC[C@H](NC(=O)C(NC(C)=O)C(C)C)C(=O)OC[C@H]2c2c3c(c(C)c(OC(C)=O)c21)OCO3. The topological polar surface area (TPSA) is 198 Å². The third-order valence-electron chi connectivity index (χ3n) is 10.8. The highest BCUT2D eigenvalue weighted by molar-refractivity contribution is 7.99. The largest absolute Gasteiger partial charge is 0.504 e. The molecule has 2 unspecified atom stereocenters. The van der Waals surface area contributed by atoms with Gasteiger partial charge in [-0.05, 0) is 37.3 Å². The zero-order valence-corrected chi connectivity index (χ0v) is 31.3. The smallest absolute Gasteiger partial charge is 0.329 e. The van der Waals surface area contributed by atoms with Gasteiger partial charge in [-0.2, -0.15) is 5.26 Å². The molecule has 5 aliphatic rings. The molecule has 7 rings (SSSR count). The van der Waals surface area contributed by atoms with Crippen molar-refractivity contribution in [3.8, 4) is 34.8 Å². The van der Waals surface area contributed by atoms with E-state index in [0.29, 0.717) is 45.9 Å².